The lowest BCUT2D eigenvalue weighted by Crippen LogP contribution is -2.30. The summed E-state index contributed by atoms with van der Waals surface area (Å²) in [6.45, 7) is 2.91. The molecular formula is C15H22FNO. The minimum absolute atomic E-state index is 0.164. The van der Waals surface area contributed by atoms with Gasteiger partial charge in [-0.25, -0.2) is 4.39 Å². The van der Waals surface area contributed by atoms with Crippen LogP contribution < -0.4 is 5.32 Å². The van der Waals surface area contributed by atoms with Gasteiger partial charge in [0.25, 0.3) is 0 Å². The fourth-order valence-corrected chi connectivity index (χ4v) is 2.77. The molecule has 0 radical (unpaired) electrons. The quantitative estimate of drug-likeness (QED) is 0.843. The number of aliphatic hydroxyl groups excluding tert-OH is 1. The first-order chi connectivity index (χ1) is 8.70. The van der Waals surface area contributed by atoms with Crippen molar-refractivity contribution < 1.29 is 9.50 Å². The van der Waals surface area contributed by atoms with Gasteiger partial charge in [0.05, 0.1) is 6.10 Å². The first kappa shape index (κ1) is 13.5. The lowest BCUT2D eigenvalue weighted by molar-refractivity contribution is 0.129. The van der Waals surface area contributed by atoms with E-state index < -0.39 is 0 Å². The molecule has 1 aliphatic rings. The Balaban J connectivity index is 1.93. The lowest BCUT2D eigenvalue weighted by atomic mass is 10.0. The molecule has 1 aliphatic carbocycles. The maximum atomic E-state index is 13.2. The number of halogens is 1. The largest absolute Gasteiger partial charge is 0.393 e. The summed E-state index contributed by atoms with van der Waals surface area (Å²) in [5.41, 5.74) is 0.991. The molecule has 3 heteroatoms. The molecule has 100 valence electrons. The Labute approximate surface area is 108 Å². The first-order valence-electron chi connectivity index (χ1n) is 6.87. The molecule has 1 aromatic carbocycles. The summed E-state index contributed by atoms with van der Waals surface area (Å²) in [5, 5.41) is 13.2. The molecule has 0 aliphatic heterocycles. The van der Waals surface area contributed by atoms with Crippen LogP contribution in [0.3, 0.4) is 0 Å². The van der Waals surface area contributed by atoms with Crippen molar-refractivity contribution in [2.75, 3.05) is 6.54 Å². The van der Waals surface area contributed by atoms with Crippen LogP contribution >= 0.6 is 0 Å². The highest BCUT2D eigenvalue weighted by Crippen LogP contribution is 2.26. The molecule has 0 spiro atoms. The number of hydrogen-bond donors (Lipinski definition) is 2. The van der Waals surface area contributed by atoms with Crippen molar-refractivity contribution in [2.45, 2.75) is 44.8 Å². The first-order valence-corrected chi connectivity index (χ1v) is 6.87. The van der Waals surface area contributed by atoms with Crippen LogP contribution in [-0.2, 0) is 0 Å². The molecular weight excluding hydrogens is 229 g/mol. The molecule has 1 fully saturated rings. The Morgan fingerprint density at radius 1 is 1.44 bits per heavy atom. The number of nitrogens with one attached hydrogen (secondary N) is 1. The van der Waals surface area contributed by atoms with Crippen LogP contribution in [0.2, 0.25) is 0 Å². The Morgan fingerprint density at radius 2 is 2.28 bits per heavy atom. The molecule has 2 rings (SSSR count). The van der Waals surface area contributed by atoms with Gasteiger partial charge < -0.3 is 10.4 Å². The molecule has 3 unspecified atom stereocenters. The Kier molecular flexibility index (Phi) is 4.72. The van der Waals surface area contributed by atoms with Crippen molar-refractivity contribution in [1.29, 1.82) is 0 Å². The van der Waals surface area contributed by atoms with Crippen LogP contribution in [-0.4, -0.2) is 17.8 Å². The van der Waals surface area contributed by atoms with E-state index in [1.807, 2.05) is 6.07 Å². The molecule has 18 heavy (non-hydrogen) atoms. The zero-order valence-electron chi connectivity index (χ0n) is 10.9. The normalized spacial score (nSPS) is 25.3. The molecule has 1 saturated carbocycles. The molecule has 0 saturated heterocycles. The highest BCUT2D eigenvalue weighted by atomic mass is 19.1. The summed E-state index contributed by atoms with van der Waals surface area (Å²) in [6, 6.07) is 6.94. The van der Waals surface area contributed by atoms with Crippen molar-refractivity contribution in [1.82, 2.24) is 5.32 Å². The minimum Gasteiger partial charge on any atom is -0.393 e. The second-order valence-corrected chi connectivity index (χ2v) is 5.18. The van der Waals surface area contributed by atoms with Crippen LogP contribution in [0.4, 0.5) is 4.39 Å². The van der Waals surface area contributed by atoms with E-state index in [2.05, 4.69) is 12.2 Å². The van der Waals surface area contributed by atoms with Crippen LogP contribution in [0.5, 0.6) is 0 Å². The van der Waals surface area contributed by atoms with Gasteiger partial charge in [0, 0.05) is 12.6 Å². The minimum atomic E-state index is -0.186. The summed E-state index contributed by atoms with van der Waals surface area (Å²) < 4.78 is 13.2. The zero-order chi connectivity index (χ0) is 13.0. The Morgan fingerprint density at radius 3 is 2.89 bits per heavy atom. The summed E-state index contributed by atoms with van der Waals surface area (Å²) in [7, 11) is 0. The zero-order valence-corrected chi connectivity index (χ0v) is 10.9. The van der Waals surface area contributed by atoms with E-state index in [1.165, 1.54) is 6.07 Å². The summed E-state index contributed by atoms with van der Waals surface area (Å²) >= 11 is 0. The standard InChI is InChI=1S/C15H22FNO/c1-2-14(11-5-3-7-13(16)9-11)17-10-12-6-4-8-15(12)18/h3,5,7,9,12,14-15,17-18H,2,4,6,8,10H2,1H3. The molecule has 0 aromatic heterocycles. The number of benzene rings is 1. The third-order valence-corrected chi connectivity index (χ3v) is 3.90. The highest BCUT2D eigenvalue weighted by Gasteiger charge is 2.25. The van der Waals surface area contributed by atoms with E-state index in [-0.39, 0.29) is 18.0 Å². The molecule has 2 nitrogen and oxygen atoms in total. The smallest absolute Gasteiger partial charge is 0.123 e. The van der Waals surface area contributed by atoms with E-state index in [1.54, 1.807) is 12.1 Å². The molecule has 2 N–H and O–H groups in total. The Hall–Kier alpha value is -0.930. The van der Waals surface area contributed by atoms with Crippen LogP contribution in [0.1, 0.15) is 44.2 Å². The van der Waals surface area contributed by atoms with Crippen molar-refractivity contribution in [3.63, 3.8) is 0 Å². The van der Waals surface area contributed by atoms with Crippen molar-refractivity contribution in [3.8, 4) is 0 Å². The van der Waals surface area contributed by atoms with Crippen LogP contribution in [0.15, 0.2) is 24.3 Å². The predicted octanol–water partition coefficient (Wildman–Crippen LogP) is 3.03. The average Bonchev–Trinajstić information content (AvgIpc) is 2.76. The van der Waals surface area contributed by atoms with E-state index in [4.69, 9.17) is 0 Å². The van der Waals surface area contributed by atoms with E-state index >= 15 is 0 Å². The van der Waals surface area contributed by atoms with Crippen molar-refractivity contribution >= 4 is 0 Å². The third kappa shape index (κ3) is 3.30. The molecule has 0 heterocycles. The van der Waals surface area contributed by atoms with Gasteiger partial charge in [0.1, 0.15) is 5.82 Å². The molecule has 3 atom stereocenters. The fourth-order valence-electron chi connectivity index (χ4n) is 2.77. The summed E-state index contributed by atoms with van der Waals surface area (Å²) in [5.74, 6) is 0.168. The van der Waals surface area contributed by atoms with Gasteiger partial charge in [0.15, 0.2) is 0 Å². The van der Waals surface area contributed by atoms with Gasteiger partial charge in [-0.3, -0.25) is 0 Å². The van der Waals surface area contributed by atoms with Gasteiger partial charge in [-0.2, -0.15) is 0 Å². The molecule has 0 bridgehead atoms. The molecule has 0 amide bonds. The second-order valence-electron chi connectivity index (χ2n) is 5.18. The van der Waals surface area contributed by atoms with Crippen molar-refractivity contribution in [3.05, 3.63) is 35.6 Å². The maximum Gasteiger partial charge on any atom is 0.123 e. The van der Waals surface area contributed by atoms with E-state index in [9.17, 15) is 9.50 Å². The van der Waals surface area contributed by atoms with Crippen LogP contribution in [0, 0.1) is 11.7 Å². The van der Waals surface area contributed by atoms with Gasteiger partial charge >= 0.3 is 0 Å². The number of hydrogen-bond acceptors (Lipinski definition) is 2. The van der Waals surface area contributed by atoms with Crippen LogP contribution in [0.25, 0.3) is 0 Å². The number of rotatable bonds is 5. The van der Waals surface area contributed by atoms with Gasteiger partial charge in [-0.1, -0.05) is 25.5 Å². The summed E-state index contributed by atoms with van der Waals surface area (Å²) in [4.78, 5) is 0. The van der Waals surface area contributed by atoms with Gasteiger partial charge in [-0.15, -0.1) is 0 Å². The lowest BCUT2D eigenvalue weighted by Gasteiger charge is -2.21. The topological polar surface area (TPSA) is 32.3 Å². The average molecular weight is 251 g/mol. The number of aliphatic hydroxyl groups is 1. The van der Waals surface area contributed by atoms with Crippen molar-refractivity contribution in [2.24, 2.45) is 5.92 Å². The monoisotopic (exact) mass is 251 g/mol. The fraction of sp³-hybridized carbons (Fsp3) is 0.600. The third-order valence-electron chi connectivity index (χ3n) is 3.90. The SMILES string of the molecule is CCC(NCC1CCCC1O)c1cccc(F)c1. The summed E-state index contributed by atoms with van der Waals surface area (Å²) in [6.07, 6.45) is 3.88. The van der Waals surface area contributed by atoms with E-state index in [0.717, 1.165) is 37.8 Å². The highest BCUT2D eigenvalue weighted by molar-refractivity contribution is 5.20. The maximum absolute atomic E-state index is 13.2. The van der Waals surface area contributed by atoms with Gasteiger partial charge in [-0.05, 0) is 42.9 Å². The molecule has 1 aromatic rings. The Bertz CT molecular complexity index is 383. The predicted molar refractivity (Wildman–Crippen MR) is 70.8 cm³/mol. The van der Waals surface area contributed by atoms with Gasteiger partial charge in [0.2, 0.25) is 0 Å². The second kappa shape index (κ2) is 6.30. The van der Waals surface area contributed by atoms with E-state index in [0.29, 0.717) is 5.92 Å².